The molecule has 0 radical (unpaired) electrons. The molecule has 2 rings (SSSR count). The number of amides is 1. The summed E-state index contributed by atoms with van der Waals surface area (Å²) in [6.07, 6.45) is 6.06. The van der Waals surface area contributed by atoms with Crippen LogP contribution in [-0.4, -0.2) is 24.5 Å². The predicted octanol–water partition coefficient (Wildman–Crippen LogP) is 1.68. The van der Waals surface area contributed by atoms with Crippen LogP contribution >= 0.6 is 0 Å². The highest BCUT2D eigenvalue weighted by atomic mass is 16.2. The molecule has 2 fully saturated rings. The van der Waals surface area contributed by atoms with Crippen molar-refractivity contribution in [3.05, 3.63) is 0 Å². The summed E-state index contributed by atoms with van der Waals surface area (Å²) in [5.74, 6) is 1.77. The summed E-state index contributed by atoms with van der Waals surface area (Å²) >= 11 is 0. The normalized spacial score (nSPS) is 32.1. The van der Waals surface area contributed by atoms with Gasteiger partial charge in [0.25, 0.3) is 0 Å². The highest BCUT2D eigenvalue weighted by Crippen LogP contribution is 2.33. The summed E-state index contributed by atoms with van der Waals surface area (Å²) in [5.41, 5.74) is 0. The van der Waals surface area contributed by atoms with Crippen molar-refractivity contribution in [3.8, 4) is 0 Å². The minimum atomic E-state index is 0.0467. The first-order chi connectivity index (χ1) is 7.65. The Balaban J connectivity index is 1.72. The number of carbonyl (C=O) groups excluding carboxylic acids is 1. The topological polar surface area (TPSA) is 41.1 Å². The maximum atomic E-state index is 12.0. The van der Waals surface area contributed by atoms with Crippen molar-refractivity contribution in [2.75, 3.05) is 6.54 Å². The largest absolute Gasteiger partial charge is 0.352 e. The summed E-state index contributed by atoms with van der Waals surface area (Å²) in [7, 11) is 0. The fourth-order valence-electron chi connectivity index (χ4n) is 2.56. The molecule has 3 heteroatoms. The van der Waals surface area contributed by atoms with Gasteiger partial charge < -0.3 is 10.6 Å². The maximum absolute atomic E-state index is 12.0. The lowest BCUT2D eigenvalue weighted by Gasteiger charge is -2.28. The van der Waals surface area contributed by atoms with Crippen LogP contribution in [0.5, 0.6) is 0 Å². The second kappa shape index (κ2) is 5.17. The first-order valence-electron chi connectivity index (χ1n) is 6.69. The number of carbonyl (C=O) groups is 1. The van der Waals surface area contributed by atoms with Crippen LogP contribution in [0.2, 0.25) is 0 Å². The molecule has 1 heterocycles. The van der Waals surface area contributed by atoms with Gasteiger partial charge in [-0.3, -0.25) is 4.79 Å². The van der Waals surface area contributed by atoms with Crippen molar-refractivity contribution in [2.24, 2.45) is 11.8 Å². The Bertz CT molecular complexity index is 250. The smallest absolute Gasteiger partial charge is 0.237 e. The van der Waals surface area contributed by atoms with Crippen molar-refractivity contribution in [1.29, 1.82) is 0 Å². The molecule has 16 heavy (non-hydrogen) atoms. The van der Waals surface area contributed by atoms with Gasteiger partial charge in [0.2, 0.25) is 5.91 Å². The third-order valence-electron chi connectivity index (χ3n) is 3.75. The van der Waals surface area contributed by atoms with E-state index in [2.05, 4.69) is 24.5 Å². The Labute approximate surface area is 98.4 Å². The Morgan fingerprint density at radius 1 is 1.44 bits per heavy atom. The van der Waals surface area contributed by atoms with Crippen molar-refractivity contribution >= 4 is 5.91 Å². The van der Waals surface area contributed by atoms with Crippen LogP contribution in [0.4, 0.5) is 0 Å². The molecule has 3 nitrogen and oxygen atoms in total. The molecule has 3 atom stereocenters. The van der Waals surface area contributed by atoms with Gasteiger partial charge in [-0.15, -0.1) is 0 Å². The van der Waals surface area contributed by atoms with Crippen LogP contribution in [0, 0.1) is 11.8 Å². The van der Waals surface area contributed by atoms with E-state index < -0.39 is 0 Å². The molecule has 0 aromatic heterocycles. The molecular weight excluding hydrogens is 200 g/mol. The monoisotopic (exact) mass is 224 g/mol. The van der Waals surface area contributed by atoms with Crippen molar-refractivity contribution in [2.45, 2.75) is 58.0 Å². The summed E-state index contributed by atoms with van der Waals surface area (Å²) in [5, 5.41) is 6.45. The van der Waals surface area contributed by atoms with E-state index in [0.717, 1.165) is 25.3 Å². The fourth-order valence-corrected chi connectivity index (χ4v) is 2.56. The second-order valence-corrected chi connectivity index (χ2v) is 5.72. The van der Waals surface area contributed by atoms with E-state index >= 15 is 0 Å². The summed E-state index contributed by atoms with van der Waals surface area (Å²) in [6.45, 7) is 5.34. The van der Waals surface area contributed by atoms with E-state index in [-0.39, 0.29) is 11.9 Å². The molecule has 0 aromatic rings. The summed E-state index contributed by atoms with van der Waals surface area (Å²) in [6, 6.07) is 0.393. The zero-order chi connectivity index (χ0) is 11.5. The molecule has 2 aliphatic rings. The molecule has 1 saturated heterocycles. The first-order valence-corrected chi connectivity index (χ1v) is 6.69. The van der Waals surface area contributed by atoms with Crippen molar-refractivity contribution < 1.29 is 4.79 Å². The zero-order valence-corrected chi connectivity index (χ0v) is 10.5. The zero-order valence-electron chi connectivity index (χ0n) is 10.5. The quantitative estimate of drug-likeness (QED) is 0.763. The average Bonchev–Trinajstić information content (AvgIpc) is 3.01. The summed E-state index contributed by atoms with van der Waals surface area (Å²) in [4.78, 5) is 12.0. The van der Waals surface area contributed by atoms with E-state index in [4.69, 9.17) is 0 Å². The second-order valence-electron chi connectivity index (χ2n) is 5.72. The standard InChI is InChI=1S/C13H24N2O/c1-9-5-6-14-12(7-9)13(16)15-10(2)8-11-3-4-11/h9-12,14H,3-8H2,1-2H3,(H,15,16). The van der Waals surface area contributed by atoms with Crippen molar-refractivity contribution in [1.82, 2.24) is 10.6 Å². The molecular formula is C13H24N2O. The van der Waals surface area contributed by atoms with Gasteiger partial charge in [0, 0.05) is 6.04 Å². The molecule has 2 N–H and O–H groups in total. The van der Waals surface area contributed by atoms with E-state index in [0.29, 0.717) is 12.0 Å². The van der Waals surface area contributed by atoms with Crippen LogP contribution < -0.4 is 10.6 Å². The van der Waals surface area contributed by atoms with Crippen LogP contribution in [0.25, 0.3) is 0 Å². The lowest BCUT2D eigenvalue weighted by molar-refractivity contribution is -0.124. The van der Waals surface area contributed by atoms with Crippen LogP contribution in [-0.2, 0) is 4.79 Å². The van der Waals surface area contributed by atoms with Gasteiger partial charge in [0.05, 0.1) is 6.04 Å². The van der Waals surface area contributed by atoms with Crippen LogP contribution in [0.3, 0.4) is 0 Å². The molecule has 0 spiro atoms. The number of rotatable bonds is 4. The maximum Gasteiger partial charge on any atom is 0.237 e. The molecule has 1 amide bonds. The Kier molecular flexibility index (Phi) is 3.85. The van der Waals surface area contributed by atoms with E-state index in [1.54, 1.807) is 0 Å². The van der Waals surface area contributed by atoms with Gasteiger partial charge >= 0.3 is 0 Å². The molecule has 0 bridgehead atoms. The van der Waals surface area contributed by atoms with Gasteiger partial charge in [-0.05, 0) is 44.6 Å². The molecule has 0 aromatic carbocycles. The Morgan fingerprint density at radius 3 is 2.81 bits per heavy atom. The van der Waals surface area contributed by atoms with Crippen molar-refractivity contribution in [3.63, 3.8) is 0 Å². The van der Waals surface area contributed by atoms with Gasteiger partial charge in [-0.25, -0.2) is 0 Å². The highest BCUT2D eigenvalue weighted by molar-refractivity contribution is 5.82. The minimum Gasteiger partial charge on any atom is -0.352 e. The van der Waals surface area contributed by atoms with E-state index in [1.165, 1.54) is 19.3 Å². The molecule has 92 valence electrons. The van der Waals surface area contributed by atoms with Gasteiger partial charge in [0.15, 0.2) is 0 Å². The van der Waals surface area contributed by atoms with Crippen LogP contribution in [0.1, 0.15) is 46.0 Å². The lowest BCUT2D eigenvalue weighted by atomic mass is 9.93. The molecule has 1 saturated carbocycles. The minimum absolute atomic E-state index is 0.0467. The van der Waals surface area contributed by atoms with Crippen LogP contribution in [0.15, 0.2) is 0 Å². The SMILES string of the molecule is CC1CCNC(C(=O)NC(C)CC2CC2)C1. The highest BCUT2D eigenvalue weighted by Gasteiger charge is 2.28. The number of nitrogens with one attached hydrogen (secondary N) is 2. The van der Waals surface area contributed by atoms with E-state index in [9.17, 15) is 4.79 Å². The molecule has 3 unspecified atom stereocenters. The molecule has 1 aliphatic heterocycles. The predicted molar refractivity (Wildman–Crippen MR) is 65.1 cm³/mol. The fraction of sp³-hybridized carbons (Fsp3) is 0.923. The average molecular weight is 224 g/mol. The lowest BCUT2D eigenvalue weighted by Crippen LogP contribution is -2.50. The van der Waals surface area contributed by atoms with Gasteiger partial charge in [0.1, 0.15) is 0 Å². The summed E-state index contributed by atoms with van der Waals surface area (Å²) < 4.78 is 0. The van der Waals surface area contributed by atoms with E-state index in [1.807, 2.05) is 0 Å². The third-order valence-corrected chi connectivity index (χ3v) is 3.75. The number of hydrogen-bond acceptors (Lipinski definition) is 2. The van der Waals surface area contributed by atoms with Gasteiger partial charge in [-0.1, -0.05) is 19.8 Å². The number of hydrogen-bond donors (Lipinski definition) is 2. The van der Waals surface area contributed by atoms with Gasteiger partial charge in [-0.2, -0.15) is 0 Å². The Morgan fingerprint density at radius 2 is 2.19 bits per heavy atom. The first kappa shape index (κ1) is 11.9. The molecule has 1 aliphatic carbocycles. The number of piperidine rings is 1. The Hall–Kier alpha value is -0.570. The third kappa shape index (κ3) is 3.48.